The van der Waals surface area contributed by atoms with Crippen molar-refractivity contribution in [2.75, 3.05) is 11.9 Å². The lowest BCUT2D eigenvalue weighted by molar-refractivity contribution is -0.118. The Morgan fingerprint density at radius 1 is 1.53 bits per heavy atom. The molecular weight excluding hydrogens is 240 g/mol. The van der Waals surface area contributed by atoms with Gasteiger partial charge >= 0.3 is 0 Å². The van der Waals surface area contributed by atoms with Crippen LogP contribution in [0.25, 0.3) is 0 Å². The summed E-state index contributed by atoms with van der Waals surface area (Å²) in [4.78, 5) is 12.0. The molecule has 1 aliphatic carbocycles. The Hall–Kier alpha value is -1.55. The number of hydrogen-bond donors (Lipinski definition) is 2. The molecule has 1 saturated carbocycles. The summed E-state index contributed by atoms with van der Waals surface area (Å²) in [6.45, 7) is 7.16. The molecule has 3 N–H and O–H groups in total. The molecule has 1 aliphatic rings. The molecule has 1 aromatic carbocycles. The summed E-state index contributed by atoms with van der Waals surface area (Å²) in [5.74, 6) is 1.01. The van der Waals surface area contributed by atoms with Crippen molar-refractivity contribution in [3.63, 3.8) is 0 Å². The van der Waals surface area contributed by atoms with Gasteiger partial charge in [-0.05, 0) is 37.0 Å². The van der Waals surface area contributed by atoms with E-state index >= 15 is 0 Å². The van der Waals surface area contributed by atoms with Crippen molar-refractivity contribution in [1.82, 2.24) is 0 Å². The van der Waals surface area contributed by atoms with Crippen molar-refractivity contribution in [2.24, 2.45) is 17.1 Å². The molecule has 0 aromatic heterocycles. The predicted molar refractivity (Wildman–Crippen MR) is 76.0 cm³/mol. The molecular formula is C15H22N2O2. The van der Waals surface area contributed by atoms with E-state index in [9.17, 15) is 4.79 Å². The first-order valence-electron chi connectivity index (χ1n) is 6.74. The zero-order valence-corrected chi connectivity index (χ0v) is 11.8. The number of anilines is 1. The van der Waals surface area contributed by atoms with Crippen LogP contribution in [0.2, 0.25) is 0 Å². The predicted octanol–water partition coefficient (Wildman–Crippen LogP) is 2.53. The Morgan fingerprint density at radius 3 is 2.74 bits per heavy atom. The summed E-state index contributed by atoms with van der Waals surface area (Å²) in [5.41, 5.74) is 7.55. The van der Waals surface area contributed by atoms with Crippen LogP contribution in [0.15, 0.2) is 18.2 Å². The van der Waals surface area contributed by atoms with Crippen LogP contribution in [-0.2, 0) is 11.3 Å². The highest BCUT2D eigenvalue weighted by molar-refractivity contribution is 5.95. The van der Waals surface area contributed by atoms with Gasteiger partial charge in [0, 0.05) is 23.7 Å². The number of amides is 1. The van der Waals surface area contributed by atoms with Crippen LogP contribution in [0.5, 0.6) is 5.75 Å². The number of ether oxygens (including phenoxy) is 1. The van der Waals surface area contributed by atoms with Crippen molar-refractivity contribution < 1.29 is 9.53 Å². The van der Waals surface area contributed by atoms with Crippen LogP contribution in [0.3, 0.4) is 0 Å². The zero-order valence-electron chi connectivity index (χ0n) is 11.8. The van der Waals surface area contributed by atoms with Crippen molar-refractivity contribution in [3.05, 3.63) is 23.8 Å². The molecule has 0 saturated heterocycles. The smallest absolute Gasteiger partial charge is 0.228 e. The molecule has 2 rings (SSSR count). The first-order chi connectivity index (χ1) is 8.97. The number of nitrogens with one attached hydrogen (secondary N) is 1. The Bertz CT molecular complexity index is 483. The summed E-state index contributed by atoms with van der Waals surface area (Å²) >= 11 is 0. The van der Waals surface area contributed by atoms with Gasteiger partial charge in [-0.1, -0.05) is 13.8 Å². The molecule has 0 heterocycles. The van der Waals surface area contributed by atoms with Crippen LogP contribution in [0, 0.1) is 11.3 Å². The molecule has 0 radical (unpaired) electrons. The molecule has 1 fully saturated rings. The number of carbonyl (C=O) groups excluding carboxylic acids is 1. The van der Waals surface area contributed by atoms with E-state index in [0.29, 0.717) is 13.2 Å². The lowest BCUT2D eigenvalue weighted by atomic mass is 10.1. The first kappa shape index (κ1) is 13.9. The molecule has 1 unspecified atom stereocenters. The highest BCUT2D eigenvalue weighted by Gasteiger charge is 2.50. The quantitative estimate of drug-likeness (QED) is 0.857. The third-order valence-electron chi connectivity index (χ3n) is 3.68. The summed E-state index contributed by atoms with van der Waals surface area (Å²) in [6, 6.07) is 5.61. The summed E-state index contributed by atoms with van der Waals surface area (Å²) in [6.07, 6.45) is 0.958. The molecule has 104 valence electrons. The maximum atomic E-state index is 12.0. The Morgan fingerprint density at radius 2 is 2.21 bits per heavy atom. The fourth-order valence-corrected chi connectivity index (χ4v) is 2.26. The summed E-state index contributed by atoms with van der Waals surface area (Å²) in [5, 5.41) is 2.95. The third kappa shape index (κ3) is 3.07. The number of hydrogen-bond acceptors (Lipinski definition) is 3. The van der Waals surface area contributed by atoms with Gasteiger partial charge in [-0.15, -0.1) is 0 Å². The lowest BCUT2D eigenvalue weighted by Crippen LogP contribution is -2.16. The minimum atomic E-state index is 0.0946. The second kappa shape index (κ2) is 5.21. The standard InChI is InChI=1S/C15H22N2O2/c1-4-19-13-6-5-11(7-10(13)9-16)17-14(18)12-8-15(12,2)3/h5-7,12H,4,8-9,16H2,1-3H3,(H,17,18). The van der Waals surface area contributed by atoms with E-state index in [1.165, 1.54) is 0 Å². The van der Waals surface area contributed by atoms with E-state index < -0.39 is 0 Å². The molecule has 1 aromatic rings. The van der Waals surface area contributed by atoms with Gasteiger partial charge in [0.1, 0.15) is 5.75 Å². The number of nitrogens with two attached hydrogens (primary N) is 1. The van der Waals surface area contributed by atoms with Crippen molar-refractivity contribution in [2.45, 2.75) is 33.7 Å². The highest BCUT2D eigenvalue weighted by Crippen LogP contribution is 2.52. The maximum absolute atomic E-state index is 12.0. The lowest BCUT2D eigenvalue weighted by Gasteiger charge is -2.12. The van der Waals surface area contributed by atoms with Crippen LogP contribution < -0.4 is 15.8 Å². The second-order valence-electron chi connectivity index (χ2n) is 5.69. The maximum Gasteiger partial charge on any atom is 0.228 e. The van der Waals surface area contributed by atoms with E-state index in [1.807, 2.05) is 25.1 Å². The molecule has 4 nitrogen and oxygen atoms in total. The SMILES string of the molecule is CCOc1ccc(NC(=O)C2CC2(C)C)cc1CN. The van der Waals surface area contributed by atoms with Crippen LogP contribution in [-0.4, -0.2) is 12.5 Å². The average Bonchev–Trinajstić information content (AvgIpc) is 3.01. The van der Waals surface area contributed by atoms with Gasteiger partial charge in [-0.25, -0.2) is 0 Å². The minimum absolute atomic E-state index is 0.0946. The van der Waals surface area contributed by atoms with Crippen molar-refractivity contribution >= 4 is 11.6 Å². The number of carbonyl (C=O) groups is 1. The van der Waals surface area contributed by atoms with Crippen LogP contribution in [0.1, 0.15) is 32.8 Å². The van der Waals surface area contributed by atoms with Gasteiger partial charge in [0.05, 0.1) is 6.61 Å². The summed E-state index contributed by atoms with van der Waals surface area (Å²) in [7, 11) is 0. The molecule has 0 bridgehead atoms. The Kier molecular flexibility index (Phi) is 3.80. The molecule has 1 amide bonds. The highest BCUT2D eigenvalue weighted by atomic mass is 16.5. The first-order valence-corrected chi connectivity index (χ1v) is 6.74. The van der Waals surface area contributed by atoms with E-state index in [2.05, 4.69) is 19.2 Å². The largest absolute Gasteiger partial charge is 0.494 e. The Labute approximate surface area is 114 Å². The normalized spacial score (nSPS) is 19.9. The molecule has 1 atom stereocenters. The van der Waals surface area contributed by atoms with Gasteiger partial charge in [-0.2, -0.15) is 0 Å². The molecule has 0 aliphatic heterocycles. The fraction of sp³-hybridized carbons (Fsp3) is 0.533. The van der Waals surface area contributed by atoms with Gasteiger partial charge in [-0.3, -0.25) is 4.79 Å². The number of rotatable bonds is 5. The zero-order chi connectivity index (χ0) is 14.0. The van der Waals surface area contributed by atoms with Gasteiger partial charge < -0.3 is 15.8 Å². The Balaban J connectivity index is 2.07. The topological polar surface area (TPSA) is 64.3 Å². The van der Waals surface area contributed by atoms with Crippen molar-refractivity contribution in [1.29, 1.82) is 0 Å². The van der Waals surface area contributed by atoms with E-state index in [0.717, 1.165) is 23.4 Å². The van der Waals surface area contributed by atoms with Gasteiger partial charge in [0.15, 0.2) is 0 Å². The minimum Gasteiger partial charge on any atom is -0.494 e. The van der Waals surface area contributed by atoms with Crippen molar-refractivity contribution in [3.8, 4) is 5.75 Å². The van der Waals surface area contributed by atoms with E-state index in [-0.39, 0.29) is 17.2 Å². The molecule has 0 spiro atoms. The monoisotopic (exact) mass is 262 g/mol. The van der Waals surface area contributed by atoms with E-state index in [1.54, 1.807) is 0 Å². The molecule has 4 heteroatoms. The van der Waals surface area contributed by atoms with Gasteiger partial charge in [0.2, 0.25) is 5.91 Å². The number of benzene rings is 1. The fourth-order valence-electron chi connectivity index (χ4n) is 2.26. The van der Waals surface area contributed by atoms with E-state index in [4.69, 9.17) is 10.5 Å². The average molecular weight is 262 g/mol. The second-order valence-corrected chi connectivity index (χ2v) is 5.69. The van der Waals surface area contributed by atoms with Crippen LogP contribution in [0.4, 0.5) is 5.69 Å². The van der Waals surface area contributed by atoms with Gasteiger partial charge in [0.25, 0.3) is 0 Å². The molecule has 19 heavy (non-hydrogen) atoms. The van der Waals surface area contributed by atoms with Crippen LogP contribution >= 0.6 is 0 Å². The third-order valence-corrected chi connectivity index (χ3v) is 3.68. The summed E-state index contributed by atoms with van der Waals surface area (Å²) < 4.78 is 5.49.